The normalized spacial score (nSPS) is 16.2. The van der Waals surface area contributed by atoms with E-state index in [2.05, 4.69) is 5.32 Å². The lowest BCUT2D eigenvalue weighted by atomic mass is 10.0. The Bertz CT molecular complexity index is 241. The molecule has 0 saturated carbocycles. The Morgan fingerprint density at radius 2 is 1.88 bits per heavy atom. The van der Waals surface area contributed by atoms with Gasteiger partial charge in [-0.05, 0) is 19.3 Å². The minimum atomic E-state index is -0.804. The predicted octanol–water partition coefficient (Wildman–Crippen LogP) is 0.587. The van der Waals surface area contributed by atoms with Crippen molar-refractivity contribution in [2.45, 2.75) is 39.7 Å². The van der Waals surface area contributed by atoms with Crippen LogP contribution in [0.2, 0.25) is 0 Å². The van der Waals surface area contributed by atoms with Crippen LogP contribution in [0.15, 0.2) is 0 Å². The van der Waals surface area contributed by atoms with E-state index in [0.717, 1.165) is 0 Å². The molecule has 0 aliphatic heterocycles. The van der Waals surface area contributed by atoms with Gasteiger partial charge >= 0.3 is 5.97 Å². The van der Waals surface area contributed by atoms with Crippen molar-refractivity contribution >= 4 is 11.9 Å². The molecule has 5 heteroatoms. The van der Waals surface area contributed by atoms with E-state index in [0.29, 0.717) is 13.0 Å². The summed E-state index contributed by atoms with van der Waals surface area (Å²) >= 11 is 0. The van der Waals surface area contributed by atoms with Crippen molar-refractivity contribution in [2.24, 2.45) is 17.6 Å². The lowest BCUT2D eigenvalue weighted by molar-refractivity contribution is -0.137. The molecule has 5 nitrogen and oxygen atoms in total. The summed E-state index contributed by atoms with van der Waals surface area (Å²) in [5.74, 6) is -0.925. The molecular weight excluding hydrogens is 208 g/mol. The summed E-state index contributed by atoms with van der Waals surface area (Å²) in [7, 11) is 0. The molecule has 0 rings (SSSR count). The molecule has 0 heterocycles. The van der Waals surface area contributed by atoms with E-state index in [1.165, 1.54) is 0 Å². The van der Waals surface area contributed by atoms with Crippen LogP contribution in [-0.4, -0.2) is 29.6 Å². The minimum absolute atomic E-state index is 0.0721. The highest BCUT2D eigenvalue weighted by Crippen LogP contribution is 2.05. The number of carboxylic acid groups (broad SMARTS) is 1. The van der Waals surface area contributed by atoms with Crippen molar-refractivity contribution in [1.82, 2.24) is 5.32 Å². The molecule has 3 atom stereocenters. The van der Waals surface area contributed by atoms with Crippen molar-refractivity contribution in [3.63, 3.8) is 0 Å². The van der Waals surface area contributed by atoms with Crippen molar-refractivity contribution in [3.05, 3.63) is 0 Å². The van der Waals surface area contributed by atoms with Crippen molar-refractivity contribution in [3.8, 4) is 0 Å². The smallest absolute Gasteiger partial charge is 0.303 e. The second-order valence-corrected chi connectivity index (χ2v) is 4.43. The minimum Gasteiger partial charge on any atom is -0.481 e. The molecule has 0 aromatic carbocycles. The van der Waals surface area contributed by atoms with Gasteiger partial charge in [-0.1, -0.05) is 13.8 Å². The third-order valence-electron chi connectivity index (χ3n) is 2.68. The zero-order chi connectivity index (χ0) is 12.7. The molecule has 0 spiro atoms. The lowest BCUT2D eigenvalue weighted by Gasteiger charge is -2.17. The number of carbonyl (C=O) groups is 2. The number of carbonyl (C=O) groups excluding carboxylic acids is 1. The first-order chi connectivity index (χ1) is 7.34. The van der Waals surface area contributed by atoms with Gasteiger partial charge in [-0.15, -0.1) is 0 Å². The summed E-state index contributed by atoms with van der Waals surface area (Å²) in [4.78, 5) is 21.9. The molecule has 4 N–H and O–H groups in total. The average molecular weight is 230 g/mol. The van der Waals surface area contributed by atoms with Crippen molar-refractivity contribution in [1.29, 1.82) is 0 Å². The number of nitrogens with one attached hydrogen (secondary N) is 1. The van der Waals surface area contributed by atoms with Gasteiger partial charge in [0.15, 0.2) is 0 Å². The fourth-order valence-electron chi connectivity index (χ4n) is 1.15. The first kappa shape index (κ1) is 14.9. The van der Waals surface area contributed by atoms with E-state index in [-0.39, 0.29) is 30.2 Å². The standard InChI is InChI=1S/C11H22N2O3/c1-7(4-5-10(14)15)6-13-11(16)8(2)9(3)12/h7-9H,4-6,12H2,1-3H3,(H,13,16)(H,14,15). The van der Waals surface area contributed by atoms with E-state index in [1.54, 1.807) is 13.8 Å². The van der Waals surface area contributed by atoms with Gasteiger partial charge in [-0.2, -0.15) is 0 Å². The van der Waals surface area contributed by atoms with Crippen LogP contribution >= 0.6 is 0 Å². The van der Waals surface area contributed by atoms with Crippen LogP contribution < -0.4 is 11.1 Å². The zero-order valence-electron chi connectivity index (χ0n) is 10.2. The lowest BCUT2D eigenvalue weighted by Crippen LogP contribution is -2.40. The first-order valence-electron chi connectivity index (χ1n) is 5.59. The molecule has 0 fully saturated rings. The van der Waals surface area contributed by atoms with Gasteiger partial charge in [0.25, 0.3) is 0 Å². The van der Waals surface area contributed by atoms with Gasteiger partial charge in [-0.3, -0.25) is 9.59 Å². The van der Waals surface area contributed by atoms with E-state index < -0.39 is 5.97 Å². The van der Waals surface area contributed by atoms with E-state index in [4.69, 9.17) is 10.8 Å². The number of carboxylic acids is 1. The highest BCUT2D eigenvalue weighted by atomic mass is 16.4. The highest BCUT2D eigenvalue weighted by Gasteiger charge is 2.17. The molecule has 0 aliphatic rings. The molecular formula is C11H22N2O3. The summed E-state index contributed by atoms with van der Waals surface area (Å²) in [5, 5.41) is 11.3. The van der Waals surface area contributed by atoms with Gasteiger partial charge in [0.2, 0.25) is 5.91 Å². The molecule has 1 amide bonds. The molecule has 0 aromatic heterocycles. The van der Waals surface area contributed by atoms with Crippen LogP contribution in [0.3, 0.4) is 0 Å². The first-order valence-corrected chi connectivity index (χ1v) is 5.59. The quantitative estimate of drug-likeness (QED) is 0.596. The summed E-state index contributed by atoms with van der Waals surface area (Å²) in [6.45, 7) is 5.99. The largest absolute Gasteiger partial charge is 0.481 e. The molecule has 0 aliphatic carbocycles. The van der Waals surface area contributed by atoms with Crippen LogP contribution in [0.4, 0.5) is 0 Å². The van der Waals surface area contributed by atoms with Crippen LogP contribution in [0, 0.1) is 11.8 Å². The Labute approximate surface area is 96.4 Å². The van der Waals surface area contributed by atoms with Gasteiger partial charge in [0, 0.05) is 24.9 Å². The molecule has 0 aromatic rings. The van der Waals surface area contributed by atoms with Gasteiger partial charge in [0.1, 0.15) is 0 Å². The average Bonchev–Trinajstić information content (AvgIpc) is 2.21. The van der Waals surface area contributed by atoms with Crippen molar-refractivity contribution < 1.29 is 14.7 Å². The highest BCUT2D eigenvalue weighted by molar-refractivity contribution is 5.78. The molecule has 16 heavy (non-hydrogen) atoms. The molecule has 0 bridgehead atoms. The maximum atomic E-state index is 11.5. The maximum absolute atomic E-state index is 11.5. The molecule has 0 saturated heterocycles. The van der Waals surface area contributed by atoms with Crippen LogP contribution in [-0.2, 0) is 9.59 Å². The van der Waals surface area contributed by atoms with Crippen LogP contribution in [0.25, 0.3) is 0 Å². The number of nitrogens with two attached hydrogens (primary N) is 1. The fourth-order valence-corrected chi connectivity index (χ4v) is 1.15. The number of amides is 1. The Balaban J connectivity index is 3.79. The monoisotopic (exact) mass is 230 g/mol. The Kier molecular flexibility index (Phi) is 6.72. The van der Waals surface area contributed by atoms with Crippen LogP contribution in [0.1, 0.15) is 33.6 Å². The Morgan fingerprint density at radius 1 is 1.31 bits per heavy atom. The maximum Gasteiger partial charge on any atom is 0.303 e. The summed E-state index contributed by atoms with van der Waals surface area (Å²) < 4.78 is 0. The number of aliphatic carboxylic acids is 1. The third kappa shape index (κ3) is 6.40. The second-order valence-electron chi connectivity index (χ2n) is 4.43. The van der Waals surface area contributed by atoms with E-state index in [1.807, 2.05) is 6.92 Å². The van der Waals surface area contributed by atoms with Gasteiger partial charge in [0.05, 0.1) is 0 Å². The third-order valence-corrected chi connectivity index (χ3v) is 2.68. The second kappa shape index (κ2) is 7.22. The zero-order valence-corrected chi connectivity index (χ0v) is 10.2. The molecule has 3 unspecified atom stereocenters. The van der Waals surface area contributed by atoms with Gasteiger partial charge < -0.3 is 16.2 Å². The number of hydrogen-bond acceptors (Lipinski definition) is 3. The SMILES string of the molecule is CC(CCC(=O)O)CNC(=O)C(C)C(C)N. The Hall–Kier alpha value is -1.10. The van der Waals surface area contributed by atoms with E-state index >= 15 is 0 Å². The number of hydrogen-bond donors (Lipinski definition) is 3. The molecule has 94 valence electrons. The van der Waals surface area contributed by atoms with Crippen LogP contribution in [0.5, 0.6) is 0 Å². The fraction of sp³-hybridized carbons (Fsp3) is 0.818. The summed E-state index contributed by atoms with van der Waals surface area (Å²) in [6, 6.07) is -0.172. The Morgan fingerprint density at radius 3 is 2.31 bits per heavy atom. The number of rotatable bonds is 7. The topological polar surface area (TPSA) is 92.4 Å². The molecule has 0 radical (unpaired) electrons. The summed E-state index contributed by atoms with van der Waals surface area (Å²) in [6.07, 6.45) is 0.710. The van der Waals surface area contributed by atoms with Crippen molar-refractivity contribution in [2.75, 3.05) is 6.54 Å². The predicted molar refractivity (Wildman–Crippen MR) is 61.9 cm³/mol. The van der Waals surface area contributed by atoms with Gasteiger partial charge in [-0.25, -0.2) is 0 Å². The summed E-state index contributed by atoms with van der Waals surface area (Å²) in [5.41, 5.74) is 5.60. The van der Waals surface area contributed by atoms with E-state index in [9.17, 15) is 9.59 Å².